The van der Waals surface area contributed by atoms with Gasteiger partial charge in [0.2, 0.25) is 10.2 Å². The van der Waals surface area contributed by atoms with Gasteiger partial charge in [0.05, 0.1) is 6.33 Å². The average Bonchev–Trinajstić information content (AvgIpc) is 2.14. The first-order valence-electron chi connectivity index (χ1n) is 3.75. The first-order valence-corrected chi connectivity index (χ1v) is 4.89. The van der Waals surface area contributed by atoms with Gasteiger partial charge in [-0.15, -0.1) is 0 Å². The summed E-state index contributed by atoms with van der Waals surface area (Å²) in [6, 6.07) is 1.19. The molecule has 1 aromatic heterocycles. The summed E-state index contributed by atoms with van der Waals surface area (Å²) < 4.78 is -0.824. The second-order valence-corrected chi connectivity index (χ2v) is 4.92. The summed E-state index contributed by atoms with van der Waals surface area (Å²) in [6.07, 6.45) is 1.72. The highest BCUT2D eigenvalue weighted by atomic mass is 35.6. The van der Waals surface area contributed by atoms with Gasteiger partial charge in [0.1, 0.15) is 0 Å². The Morgan fingerprint density at radius 1 is 1.53 bits per heavy atom. The molecule has 1 heterocycles. The number of aromatic nitrogens is 2. The number of alkyl halides is 3. The molecule has 0 radical (unpaired) electrons. The van der Waals surface area contributed by atoms with Crippen LogP contribution in [-0.2, 0) is 4.79 Å². The Hall–Kier alpha value is -0.780. The van der Waals surface area contributed by atoms with Crippen molar-refractivity contribution in [3.63, 3.8) is 0 Å². The van der Waals surface area contributed by atoms with Crippen molar-refractivity contribution in [1.29, 1.82) is 0 Å². The van der Waals surface area contributed by atoms with Crippen molar-refractivity contribution < 1.29 is 4.79 Å². The number of nitrogens with one attached hydrogen (secondary N) is 1. The summed E-state index contributed by atoms with van der Waals surface area (Å²) >= 11 is 16.8. The number of hydrogen-bond acceptors (Lipinski definition) is 3. The first kappa shape index (κ1) is 12.3. The number of hydrogen-bond donors (Lipinski definition) is 1. The maximum Gasteiger partial charge on any atom is 0.255 e. The molecule has 15 heavy (non-hydrogen) atoms. The Kier molecular flexibility index (Phi) is 3.96. The molecular weight excluding hydrogens is 264 g/mol. The molecule has 0 bridgehead atoms. The number of nitrogens with zero attached hydrogens (tertiary/aromatic N) is 2. The summed E-state index contributed by atoms with van der Waals surface area (Å²) in [4.78, 5) is 25.4. The van der Waals surface area contributed by atoms with E-state index < -0.39 is 15.5 Å². The van der Waals surface area contributed by atoms with Gasteiger partial charge in [0.25, 0.3) is 5.56 Å². The van der Waals surface area contributed by atoms with Gasteiger partial charge >= 0.3 is 0 Å². The van der Waals surface area contributed by atoms with Crippen LogP contribution in [0.5, 0.6) is 0 Å². The zero-order valence-electron chi connectivity index (χ0n) is 7.23. The van der Waals surface area contributed by atoms with Gasteiger partial charge in [-0.2, -0.15) is 0 Å². The Labute approximate surface area is 100.0 Å². The second-order valence-electron chi connectivity index (χ2n) is 2.55. The Balaban J connectivity index is 3.16. The third kappa shape index (κ3) is 3.09. The number of carbonyl (C=O) groups is 1. The minimum atomic E-state index is -1.84. The van der Waals surface area contributed by atoms with Crippen LogP contribution >= 0.6 is 34.8 Å². The monoisotopic (exact) mass is 269 g/mol. The van der Waals surface area contributed by atoms with E-state index in [0.717, 1.165) is 4.57 Å². The lowest BCUT2D eigenvalue weighted by molar-refractivity contribution is -0.110. The molecule has 1 atom stereocenters. The van der Waals surface area contributed by atoms with Crippen molar-refractivity contribution >= 4 is 41.2 Å². The van der Waals surface area contributed by atoms with E-state index in [0.29, 0.717) is 6.41 Å². The molecule has 8 heteroatoms. The molecule has 0 fully saturated rings. The summed E-state index contributed by atoms with van der Waals surface area (Å²) in [6.45, 7) is 0. The number of carbonyl (C=O) groups excluding carboxylic acids is 1. The third-order valence-electron chi connectivity index (χ3n) is 1.56. The van der Waals surface area contributed by atoms with Crippen LogP contribution in [0.25, 0.3) is 0 Å². The van der Waals surface area contributed by atoms with Crippen molar-refractivity contribution in [2.24, 2.45) is 0 Å². The Bertz CT molecular complexity index is 401. The van der Waals surface area contributed by atoms with E-state index in [1.165, 1.54) is 18.6 Å². The molecule has 0 aliphatic heterocycles. The van der Waals surface area contributed by atoms with Crippen molar-refractivity contribution in [1.82, 2.24) is 14.9 Å². The molecule has 1 rings (SSSR count). The second kappa shape index (κ2) is 4.83. The fraction of sp³-hybridized carbons (Fsp3) is 0.286. The molecule has 82 valence electrons. The average molecular weight is 271 g/mol. The lowest BCUT2D eigenvalue weighted by atomic mass is 10.5. The van der Waals surface area contributed by atoms with Crippen molar-refractivity contribution in [3.8, 4) is 0 Å². The molecule has 1 amide bonds. The molecule has 1 unspecified atom stereocenters. The summed E-state index contributed by atoms with van der Waals surface area (Å²) in [7, 11) is 0. The topological polar surface area (TPSA) is 64.0 Å². The largest absolute Gasteiger partial charge is 0.334 e. The van der Waals surface area contributed by atoms with E-state index >= 15 is 0 Å². The zero-order chi connectivity index (χ0) is 11.5. The van der Waals surface area contributed by atoms with Gasteiger partial charge in [-0.1, -0.05) is 34.8 Å². The van der Waals surface area contributed by atoms with Gasteiger partial charge in [-0.05, 0) is 0 Å². The van der Waals surface area contributed by atoms with E-state index in [-0.39, 0.29) is 0 Å². The number of halogens is 3. The van der Waals surface area contributed by atoms with Crippen LogP contribution in [0.2, 0.25) is 0 Å². The van der Waals surface area contributed by atoms with E-state index in [2.05, 4.69) is 10.3 Å². The highest BCUT2D eigenvalue weighted by Gasteiger charge is 2.34. The van der Waals surface area contributed by atoms with Crippen molar-refractivity contribution in [2.45, 2.75) is 9.96 Å². The number of amides is 1. The fourth-order valence-electron chi connectivity index (χ4n) is 0.951. The summed E-state index contributed by atoms with van der Waals surface area (Å²) in [5.41, 5.74) is -0.435. The summed E-state index contributed by atoms with van der Waals surface area (Å²) in [5.74, 6) is 0. The SMILES string of the molecule is O=CNC(n1cnccc1=O)C(Cl)(Cl)Cl. The smallest absolute Gasteiger partial charge is 0.255 e. The first-order chi connectivity index (χ1) is 6.96. The van der Waals surface area contributed by atoms with E-state index in [9.17, 15) is 9.59 Å². The van der Waals surface area contributed by atoms with Gasteiger partial charge in [-0.25, -0.2) is 4.98 Å². The van der Waals surface area contributed by atoms with Crippen LogP contribution in [0.15, 0.2) is 23.4 Å². The molecule has 1 N–H and O–H groups in total. The van der Waals surface area contributed by atoms with Crippen LogP contribution < -0.4 is 10.9 Å². The Morgan fingerprint density at radius 3 is 2.67 bits per heavy atom. The number of rotatable bonds is 3. The predicted octanol–water partition coefficient (Wildman–Crippen LogP) is 0.858. The summed E-state index contributed by atoms with van der Waals surface area (Å²) in [5, 5.41) is 2.23. The molecule has 1 aromatic rings. The van der Waals surface area contributed by atoms with Crippen molar-refractivity contribution in [2.75, 3.05) is 0 Å². The van der Waals surface area contributed by atoms with E-state index in [4.69, 9.17) is 34.8 Å². The zero-order valence-corrected chi connectivity index (χ0v) is 9.50. The normalized spacial score (nSPS) is 13.3. The van der Waals surface area contributed by atoms with Gasteiger partial charge in [0, 0.05) is 12.3 Å². The van der Waals surface area contributed by atoms with Gasteiger partial charge in [0.15, 0.2) is 6.17 Å². The van der Waals surface area contributed by atoms with Crippen LogP contribution in [0.3, 0.4) is 0 Å². The van der Waals surface area contributed by atoms with Crippen LogP contribution in [0.4, 0.5) is 0 Å². The molecule has 0 aromatic carbocycles. The standard InChI is InChI=1S/C7H6Cl3N3O2/c8-7(9,10)6(12-4-14)13-3-11-2-1-5(13)15/h1-4,6H,(H,12,14). The predicted molar refractivity (Wildman–Crippen MR) is 57.0 cm³/mol. The molecule has 0 saturated heterocycles. The molecule has 0 saturated carbocycles. The lowest BCUT2D eigenvalue weighted by Gasteiger charge is -2.24. The molecule has 0 spiro atoms. The molecule has 0 aliphatic rings. The van der Waals surface area contributed by atoms with E-state index in [1.54, 1.807) is 0 Å². The van der Waals surface area contributed by atoms with Crippen LogP contribution in [-0.4, -0.2) is 19.8 Å². The maximum absolute atomic E-state index is 11.4. The van der Waals surface area contributed by atoms with Crippen LogP contribution in [0, 0.1) is 0 Å². The van der Waals surface area contributed by atoms with Gasteiger partial charge in [-0.3, -0.25) is 14.2 Å². The van der Waals surface area contributed by atoms with E-state index in [1.807, 2.05) is 0 Å². The maximum atomic E-state index is 11.4. The molecule has 5 nitrogen and oxygen atoms in total. The van der Waals surface area contributed by atoms with Crippen molar-refractivity contribution in [3.05, 3.63) is 28.9 Å². The van der Waals surface area contributed by atoms with Gasteiger partial charge < -0.3 is 5.32 Å². The fourth-order valence-corrected chi connectivity index (χ4v) is 1.46. The minimum Gasteiger partial charge on any atom is -0.334 e. The third-order valence-corrected chi connectivity index (χ3v) is 2.18. The quantitative estimate of drug-likeness (QED) is 0.654. The lowest BCUT2D eigenvalue weighted by Crippen LogP contribution is -2.41. The Morgan fingerprint density at radius 2 is 2.20 bits per heavy atom. The minimum absolute atomic E-state index is 0.339. The molecular formula is C7H6Cl3N3O2. The highest BCUT2D eigenvalue weighted by Crippen LogP contribution is 2.35. The molecule has 0 aliphatic carbocycles. The highest BCUT2D eigenvalue weighted by molar-refractivity contribution is 6.67. The van der Waals surface area contributed by atoms with Crippen LogP contribution in [0.1, 0.15) is 6.17 Å².